The second-order valence-electron chi connectivity index (χ2n) is 8.09. The Morgan fingerprint density at radius 3 is 2.56 bits per heavy atom. The van der Waals surface area contributed by atoms with Crippen LogP contribution in [0.25, 0.3) is 21.8 Å². The number of aromatic amines is 1. The van der Waals surface area contributed by atoms with E-state index in [1.807, 2.05) is 45.2 Å². The molecule has 0 bridgehead atoms. The number of aromatic nitrogens is 3. The van der Waals surface area contributed by atoms with Crippen molar-refractivity contribution in [1.29, 1.82) is 0 Å². The van der Waals surface area contributed by atoms with Crippen LogP contribution in [0.15, 0.2) is 58.3 Å². The Hall–Kier alpha value is -3.61. The zero-order valence-corrected chi connectivity index (χ0v) is 18.7. The Bertz CT molecular complexity index is 1430. The molecule has 2 aromatic carbocycles. The molecule has 0 aliphatic heterocycles. The van der Waals surface area contributed by atoms with Gasteiger partial charge in [0.2, 0.25) is 0 Å². The van der Waals surface area contributed by atoms with Crippen LogP contribution in [0.3, 0.4) is 0 Å². The number of benzene rings is 2. The van der Waals surface area contributed by atoms with Gasteiger partial charge in [-0.05, 0) is 44.0 Å². The molecule has 0 amide bonds. The van der Waals surface area contributed by atoms with Crippen molar-refractivity contribution < 1.29 is 9.53 Å². The minimum atomic E-state index is -0.974. The number of ether oxygens (including phenoxy) is 1. The number of aryl methyl sites for hydroxylation is 1. The van der Waals surface area contributed by atoms with Gasteiger partial charge in [-0.1, -0.05) is 37.6 Å². The molecule has 7 nitrogen and oxygen atoms in total. The van der Waals surface area contributed by atoms with Crippen molar-refractivity contribution in [3.8, 4) is 0 Å². The highest BCUT2D eigenvalue weighted by Crippen LogP contribution is 2.30. The number of nitrogens with one attached hydrogen (secondary N) is 1. The van der Waals surface area contributed by atoms with Gasteiger partial charge in [-0.3, -0.25) is 9.36 Å². The van der Waals surface area contributed by atoms with E-state index in [0.29, 0.717) is 23.7 Å². The maximum absolute atomic E-state index is 13.8. The predicted molar refractivity (Wildman–Crippen MR) is 125 cm³/mol. The van der Waals surface area contributed by atoms with Crippen molar-refractivity contribution in [3.63, 3.8) is 0 Å². The molecule has 4 aromatic rings. The minimum Gasteiger partial charge on any atom is -0.467 e. The summed E-state index contributed by atoms with van der Waals surface area (Å²) in [5, 5.41) is 1.44. The lowest BCUT2D eigenvalue weighted by Gasteiger charge is -2.23. The van der Waals surface area contributed by atoms with Crippen molar-refractivity contribution in [2.75, 3.05) is 7.11 Å². The highest BCUT2D eigenvalue weighted by atomic mass is 16.5. The SMILES string of the molecule is CCCC(C(=O)OC)n1c(=O)c2ccccc2n(C(C)c2c[nH]c3cccc(C)c23)c1=O. The summed E-state index contributed by atoms with van der Waals surface area (Å²) in [7, 11) is 1.27. The Labute approximate surface area is 185 Å². The molecule has 2 aromatic heterocycles. The molecule has 0 radical (unpaired) electrons. The fourth-order valence-electron chi connectivity index (χ4n) is 4.58. The maximum Gasteiger partial charge on any atom is 0.332 e. The lowest BCUT2D eigenvalue weighted by Crippen LogP contribution is -2.45. The van der Waals surface area contributed by atoms with E-state index in [1.54, 1.807) is 28.8 Å². The van der Waals surface area contributed by atoms with Gasteiger partial charge in [-0.25, -0.2) is 14.2 Å². The maximum atomic E-state index is 13.8. The summed E-state index contributed by atoms with van der Waals surface area (Å²) in [4.78, 5) is 43.0. The summed E-state index contributed by atoms with van der Waals surface area (Å²) in [6.07, 6.45) is 2.86. The third-order valence-electron chi connectivity index (χ3n) is 6.15. The molecule has 0 saturated heterocycles. The molecular formula is C25H27N3O4. The largest absolute Gasteiger partial charge is 0.467 e. The number of hydrogen-bond donors (Lipinski definition) is 1. The number of methoxy groups -OCH3 is 1. The second kappa shape index (κ2) is 8.49. The van der Waals surface area contributed by atoms with Gasteiger partial charge in [-0.15, -0.1) is 0 Å². The van der Waals surface area contributed by atoms with Crippen LogP contribution in [-0.2, 0) is 9.53 Å². The predicted octanol–water partition coefficient (Wildman–Crippen LogP) is 4.08. The first-order valence-corrected chi connectivity index (χ1v) is 10.8. The third-order valence-corrected chi connectivity index (χ3v) is 6.15. The fourth-order valence-corrected chi connectivity index (χ4v) is 4.58. The number of H-pyrrole nitrogens is 1. The van der Waals surface area contributed by atoms with Crippen molar-refractivity contribution in [1.82, 2.24) is 14.1 Å². The number of carbonyl (C=O) groups is 1. The number of carbonyl (C=O) groups excluding carboxylic acids is 1. The van der Waals surface area contributed by atoms with Crippen LogP contribution in [0.2, 0.25) is 0 Å². The Morgan fingerprint density at radius 1 is 1.09 bits per heavy atom. The van der Waals surface area contributed by atoms with E-state index in [4.69, 9.17) is 4.74 Å². The van der Waals surface area contributed by atoms with Crippen LogP contribution in [0, 0.1) is 6.92 Å². The summed E-state index contributed by atoms with van der Waals surface area (Å²) in [6, 6.07) is 11.7. The first kappa shape index (κ1) is 21.6. The van der Waals surface area contributed by atoms with Crippen molar-refractivity contribution in [2.45, 2.75) is 45.7 Å². The van der Waals surface area contributed by atoms with Crippen molar-refractivity contribution in [2.24, 2.45) is 0 Å². The molecule has 0 fully saturated rings. The highest BCUT2D eigenvalue weighted by molar-refractivity contribution is 5.87. The number of fused-ring (bicyclic) bond motifs is 2. The molecular weight excluding hydrogens is 406 g/mol. The number of nitrogens with zero attached hydrogens (tertiary/aromatic N) is 2. The molecule has 2 atom stereocenters. The van der Waals surface area contributed by atoms with Gasteiger partial charge in [0.05, 0.1) is 24.1 Å². The summed E-state index contributed by atoms with van der Waals surface area (Å²) in [6.45, 7) is 5.87. The molecule has 2 unspecified atom stereocenters. The Kier molecular flexibility index (Phi) is 5.74. The Balaban J connectivity index is 2.06. The average Bonchev–Trinajstić information content (AvgIpc) is 3.23. The molecule has 166 valence electrons. The van der Waals surface area contributed by atoms with E-state index in [9.17, 15) is 14.4 Å². The smallest absolute Gasteiger partial charge is 0.332 e. The summed E-state index contributed by atoms with van der Waals surface area (Å²) in [5.74, 6) is -0.594. The first-order chi connectivity index (χ1) is 15.4. The quantitative estimate of drug-likeness (QED) is 0.464. The van der Waals surface area contributed by atoms with Gasteiger partial charge < -0.3 is 9.72 Å². The molecule has 32 heavy (non-hydrogen) atoms. The lowest BCUT2D eigenvalue weighted by atomic mass is 10.0. The molecule has 7 heteroatoms. The zero-order valence-electron chi connectivity index (χ0n) is 18.7. The van der Waals surface area contributed by atoms with Gasteiger partial charge >= 0.3 is 11.7 Å². The van der Waals surface area contributed by atoms with E-state index in [2.05, 4.69) is 4.98 Å². The van der Waals surface area contributed by atoms with Crippen molar-refractivity contribution >= 4 is 27.8 Å². The van der Waals surface area contributed by atoms with E-state index in [1.165, 1.54) is 7.11 Å². The van der Waals surface area contributed by atoms with Crippen LogP contribution >= 0.6 is 0 Å². The fraction of sp³-hybridized carbons (Fsp3) is 0.320. The van der Waals surface area contributed by atoms with Crippen LogP contribution in [0.5, 0.6) is 0 Å². The lowest BCUT2D eigenvalue weighted by molar-refractivity contribution is -0.145. The van der Waals surface area contributed by atoms with Crippen LogP contribution < -0.4 is 11.2 Å². The summed E-state index contributed by atoms with van der Waals surface area (Å²) >= 11 is 0. The highest BCUT2D eigenvalue weighted by Gasteiger charge is 2.28. The van der Waals surface area contributed by atoms with Gasteiger partial charge in [0.25, 0.3) is 5.56 Å². The van der Waals surface area contributed by atoms with E-state index in [0.717, 1.165) is 26.6 Å². The van der Waals surface area contributed by atoms with Crippen LogP contribution in [0.4, 0.5) is 0 Å². The summed E-state index contributed by atoms with van der Waals surface area (Å²) < 4.78 is 7.61. The molecule has 4 rings (SSSR count). The topological polar surface area (TPSA) is 86.1 Å². The number of para-hydroxylation sites is 1. The molecule has 0 spiro atoms. The standard InChI is InChI=1S/C25H27N3O4/c1-5-9-21(24(30)32-4)28-23(29)17-11-6-7-13-20(17)27(25(28)31)16(3)18-14-26-19-12-8-10-15(2)22(18)19/h6-8,10-14,16,21,26H,5,9H2,1-4H3. The molecule has 0 saturated carbocycles. The van der Waals surface area contributed by atoms with Gasteiger partial charge in [0, 0.05) is 22.7 Å². The third kappa shape index (κ3) is 3.34. The van der Waals surface area contributed by atoms with E-state index < -0.39 is 23.3 Å². The van der Waals surface area contributed by atoms with E-state index >= 15 is 0 Å². The molecule has 0 aliphatic carbocycles. The average molecular weight is 434 g/mol. The second-order valence-corrected chi connectivity index (χ2v) is 8.09. The molecule has 1 N–H and O–H groups in total. The van der Waals surface area contributed by atoms with Crippen LogP contribution in [0.1, 0.15) is 49.9 Å². The molecule has 0 aliphatic rings. The zero-order chi connectivity index (χ0) is 23.0. The number of esters is 1. The monoisotopic (exact) mass is 433 g/mol. The van der Waals surface area contributed by atoms with Crippen molar-refractivity contribution in [3.05, 3.63) is 80.6 Å². The Morgan fingerprint density at radius 2 is 1.84 bits per heavy atom. The van der Waals surface area contributed by atoms with Crippen LogP contribution in [-0.4, -0.2) is 27.2 Å². The van der Waals surface area contributed by atoms with Gasteiger partial charge in [0.1, 0.15) is 6.04 Å². The van der Waals surface area contributed by atoms with Gasteiger partial charge in [0.15, 0.2) is 0 Å². The number of hydrogen-bond acceptors (Lipinski definition) is 4. The van der Waals surface area contributed by atoms with E-state index in [-0.39, 0.29) is 6.04 Å². The number of rotatable bonds is 6. The normalized spacial score (nSPS) is 13.4. The minimum absolute atomic E-state index is 0.334. The molecule has 2 heterocycles. The van der Waals surface area contributed by atoms with Gasteiger partial charge in [-0.2, -0.15) is 0 Å². The summed E-state index contributed by atoms with van der Waals surface area (Å²) in [5.41, 5.74) is 2.56. The first-order valence-electron chi connectivity index (χ1n) is 10.8.